The first-order valence-corrected chi connectivity index (χ1v) is 7.58. The Hall–Kier alpha value is -2.23. The number of rotatable bonds is 6. The molecule has 1 atom stereocenters. The molecular formula is C14H15F3N2O4S. The fourth-order valence-corrected chi connectivity index (χ4v) is 2.28. The Kier molecular flexibility index (Phi) is 7.56. The van der Waals surface area contributed by atoms with Crippen LogP contribution in [0.25, 0.3) is 0 Å². The van der Waals surface area contributed by atoms with Gasteiger partial charge in [-0.05, 0) is 19.1 Å². The molecule has 0 aliphatic carbocycles. The van der Waals surface area contributed by atoms with Crippen LogP contribution < -0.4 is 10.6 Å². The van der Waals surface area contributed by atoms with Gasteiger partial charge < -0.3 is 10.1 Å². The summed E-state index contributed by atoms with van der Waals surface area (Å²) in [6.45, 7) is -0.761. The highest BCUT2D eigenvalue weighted by atomic mass is 32.2. The third-order valence-corrected chi connectivity index (χ3v) is 3.53. The van der Waals surface area contributed by atoms with Gasteiger partial charge >= 0.3 is 18.2 Å². The van der Waals surface area contributed by atoms with Crippen LogP contribution in [0.5, 0.6) is 0 Å². The Morgan fingerprint density at radius 2 is 1.83 bits per heavy atom. The van der Waals surface area contributed by atoms with Crippen LogP contribution in [0.4, 0.5) is 18.0 Å². The third-order valence-electron chi connectivity index (χ3n) is 2.44. The van der Waals surface area contributed by atoms with Crippen molar-refractivity contribution in [3.63, 3.8) is 0 Å². The maximum Gasteiger partial charge on any atom is 0.405 e. The molecule has 0 radical (unpaired) electrons. The van der Waals surface area contributed by atoms with E-state index in [-0.39, 0.29) is 0 Å². The van der Waals surface area contributed by atoms with Crippen molar-refractivity contribution in [1.29, 1.82) is 0 Å². The van der Waals surface area contributed by atoms with Crippen molar-refractivity contribution >= 4 is 29.7 Å². The molecule has 132 valence electrons. The second-order valence-corrected chi connectivity index (χ2v) is 5.94. The average Bonchev–Trinajstić information content (AvgIpc) is 2.51. The first-order valence-electron chi connectivity index (χ1n) is 6.70. The summed E-state index contributed by atoms with van der Waals surface area (Å²) in [4.78, 5) is 34.9. The predicted molar refractivity (Wildman–Crippen MR) is 80.3 cm³/mol. The number of amides is 3. The lowest BCUT2D eigenvalue weighted by Crippen LogP contribution is -2.44. The summed E-state index contributed by atoms with van der Waals surface area (Å²) in [6.07, 6.45) is -4.59. The van der Waals surface area contributed by atoms with Gasteiger partial charge in [0.1, 0.15) is 11.8 Å². The number of hydrogen-bond acceptors (Lipinski definition) is 5. The fourth-order valence-electron chi connectivity index (χ4n) is 1.39. The van der Waals surface area contributed by atoms with Gasteiger partial charge in [-0.15, -0.1) is 11.8 Å². The number of carbonyl (C=O) groups is 3. The second kappa shape index (κ2) is 9.16. The Morgan fingerprint density at radius 1 is 1.21 bits per heavy atom. The average molecular weight is 364 g/mol. The molecule has 0 saturated heterocycles. The number of alkyl halides is 3. The molecule has 0 saturated carbocycles. The van der Waals surface area contributed by atoms with Crippen LogP contribution in [0.3, 0.4) is 0 Å². The van der Waals surface area contributed by atoms with E-state index in [1.165, 1.54) is 17.1 Å². The number of ether oxygens (including phenoxy) is 1. The largest absolute Gasteiger partial charge is 0.455 e. The SMILES string of the molecule is C[C@@H](Sc1ccccc1)C(=O)OCC(=O)NC(=O)NCC(F)(F)F. The monoisotopic (exact) mass is 364 g/mol. The van der Waals surface area contributed by atoms with Crippen LogP contribution in [0.2, 0.25) is 0 Å². The Bertz CT molecular complexity index is 581. The van der Waals surface area contributed by atoms with Crippen molar-refractivity contribution in [3.8, 4) is 0 Å². The number of thioether (sulfide) groups is 1. The third kappa shape index (κ3) is 8.42. The van der Waals surface area contributed by atoms with E-state index in [2.05, 4.69) is 0 Å². The van der Waals surface area contributed by atoms with Crippen LogP contribution in [0.1, 0.15) is 6.92 Å². The molecular weight excluding hydrogens is 349 g/mol. The smallest absolute Gasteiger partial charge is 0.405 e. The number of nitrogens with one attached hydrogen (secondary N) is 2. The highest BCUT2D eigenvalue weighted by molar-refractivity contribution is 8.00. The molecule has 10 heteroatoms. The molecule has 0 fully saturated rings. The number of urea groups is 1. The van der Waals surface area contributed by atoms with Crippen LogP contribution >= 0.6 is 11.8 Å². The summed E-state index contributed by atoms with van der Waals surface area (Å²) in [5, 5.41) is 2.48. The topological polar surface area (TPSA) is 84.5 Å². The van der Waals surface area contributed by atoms with E-state index >= 15 is 0 Å². The van der Waals surface area contributed by atoms with E-state index in [1.54, 1.807) is 36.5 Å². The minimum Gasteiger partial charge on any atom is -0.455 e. The summed E-state index contributed by atoms with van der Waals surface area (Å²) in [5.41, 5.74) is 0. The zero-order valence-corrected chi connectivity index (χ0v) is 13.4. The highest BCUT2D eigenvalue weighted by Crippen LogP contribution is 2.23. The van der Waals surface area contributed by atoms with E-state index < -0.39 is 42.5 Å². The van der Waals surface area contributed by atoms with E-state index in [9.17, 15) is 27.6 Å². The quantitative estimate of drug-likeness (QED) is 0.597. The van der Waals surface area contributed by atoms with Crippen molar-refractivity contribution in [3.05, 3.63) is 30.3 Å². The zero-order chi connectivity index (χ0) is 18.2. The van der Waals surface area contributed by atoms with Gasteiger partial charge in [0.15, 0.2) is 6.61 Å². The summed E-state index contributed by atoms with van der Waals surface area (Å²) in [5.74, 6) is -1.71. The molecule has 1 aromatic rings. The minimum absolute atomic E-state index is 0.598. The van der Waals surface area contributed by atoms with Crippen molar-refractivity contribution in [1.82, 2.24) is 10.6 Å². The predicted octanol–water partition coefficient (Wildman–Crippen LogP) is 2.10. The molecule has 0 spiro atoms. The maximum absolute atomic E-state index is 11.9. The summed E-state index contributed by atoms with van der Waals surface area (Å²) >= 11 is 1.22. The molecule has 0 heterocycles. The zero-order valence-electron chi connectivity index (χ0n) is 12.6. The van der Waals surface area contributed by atoms with Crippen molar-refractivity contribution < 1.29 is 32.3 Å². The molecule has 24 heavy (non-hydrogen) atoms. The number of hydrogen-bond donors (Lipinski definition) is 2. The van der Waals surface area contributed by atoms with Crippen LogP contribution in [-0.4, -0.2) is 42.5 Å². The van der Waals surface area contributed by atoms with E-state index in [0.717, 1.165) is 4.90 Å². The lowest BCUT2D eigenvalue weighted by atomic mass is 10.4. The van der Waals surface area contributed by atoms with Gasteiger partial charge in [0.2, 0.25) is 0 Å². The van der Waals surface area contributed by atoms with Crippen LogP contribution in [-0.2, 0) is 14.3 Å². The second-order valence-electron chi connectivity index (χ2n) is 4.53. The number of halogens is 3. The van der Waals surface area contributed by atoms with E-state index in [4.69, 9.17) is 4.74 Å². The lowest BCUT2D eigenvalue weighted by Gasteiger charge is -2.12. The van der Waals surface area contributed by atoms with E-state index in [1.807, 2.05) is 6.07 Å². The molecule has 1 aromatic carbocycles. The van der Waals surface area contributed by atoms with Crippen LogP contribution in [0.15, 0.2) is 35.2 Å². The molecule has 0 aliphatic heterocycles. The minimum atomic E-state index is -4.59. The van der Waals surface area contributed by atoms with Crippen molar-refractivity contribution in [2.24, 2.45) is 0 Å². The first kappa shape index (κ1) is 19.8. The molecule has 2 N–H and O–H groups in total. The maximum atomic E-state index is 11.9. The van der Waals surface area contributed by atoms with Crippen molar-refractivity contribution in [2.75, 3.05) is 13.2 Å². The van der Waals surface area contributed by atoms with Gasteiger partial charge in [-0.1, -0.05) is 18.2 Å². The van der Waals surface area contributed by atoms with Gasteiger partial charge in [-0.25, -0.2) is 4.79 Å². The summed E-state index contributed by atoms with van der Waals surface area (Å²) in [6, 6.07) is 7.69. The molecule has 6 nitrogen and oxygen atoms in total. The van der Waals surface area contributed by atoms with Gasteiger partial charge in [0.25, 0.3) is 5.91 Å². The molecule has 3 amide bonds. The van der Waals surface area contributed by atoms with Gasteiger partial charge in [0, 0.05) is 4.90 Å². The van der Waals surface area contributed by atoms with Gasteiger partial charge in [-0.2, -0.15) is 13.2 Å². The standard InChI is InChI=1S/C14H15F3N2O4S/c1-9(24-10-5-3-2-4-6-10)12(21)23-7-11(20)19-13(22)18-8-14(15,16)17/h2-6,9H,7-8H2,1H3,(H2,18,19,20,22)/t9-/m1/s1. The number of esters is 1. The molecule has 0 aliphatic rings. The Morgan fingerprint density at radius 3 is 2.42 bits per heavy atom. The lowest BCUT2D eigenvalue weighted by molar-refractivity contribution is -0.147. The summed E-state index contributed by atoms with van der Waals surface area (Å²) in [7, 11) is 0. The van der Waals surface area contributed by atoms with E-state index in [0.29, 0.717) is 0 Å². The van der Waals surface area contributed by atoms with Crippen molar-refractivity contribution in [2.45, 2.75) is 23.2 Å². The number of carbonyl (C=O) groups excluding carboxylic acids is 3. The number of benzene rings is 1. The summed E-state index contributed by atoms with van der Waals surface area (Å²) < 4.78 is 40.3. The van der Waals surface area contributed by atoms with Crippen LogP contribution in [0, 0.1) is 0 Å². The Balaban J connectivity index is 2.30. The molecule has 0 aromatic heterocycles. The number of imide groups is 1. The van der Waals surface area contributed by atoms with Gasteiger partial charge in [-0.3, -0.25) is 14.9 Å². The Labute approximate surface area is 140 Å². The first-order chi connectivity index (χ1) is 11.2. The molecule has 0 unspecified atom stereocenters. The normalized spacial score (nSPS) is 12.2. The molecule has 1 rings (SSSR count). The fraction of sp³-hybridized carbons (Fsp3) is 0.357. The van der Waals surface area contributed by atoms with Gasteiger partial charge in [0.05, 0.1) is 0 Å². The highest BCUT2D eigenvalue weighted by Gasteiger charge is 2.28. The molecule has 0 bridgehead atoms.